The summed E-state index contributed by atoms with van der Waals surface area (Å²) in [5.41, 5.74) is 1.53. The maximum absolute atomic E-state index is 13.4. The fourth-order valence-corrected chi connectivity index (χ4v) is 1.97. The van der Waals surface area contributed by atoms with Gasteiger partial charge in [-0.2, -0.15) is 0 Å². The molecule has 0 aliphatic carbocycles. The lowest BCUT2D eigenvalue weighted by molar-refractivity contribution is 0.102. The van der Waals surface area contributed by atoms with Gasteiger partial charge in [0.25, 0.3) is 5.91 Å². The van der Waals surface area contributed by atoms with Crippen molar-refractivity contribution in [2.45, 2.75) is 6.92 Å². The third-order valence-corrected chi connectivity index (χ3v) is 3.49. The van der Waals surface area contributed by atoms with E-state index in [2.05, 4.69) is 21.2 Å². The highest BCUT2D eigenvalue weighted by Gasteiger charge is 2.12. The van der Waals surface area contributed by atoms with Crippen LogP contribution in [-0.4, -0.2) is 5.91 Å². The Bertz CT molecular complexity index is 598. The van der Waals surface area contributed by atoms with E-state index < -0.39 is 5.82 Å². The quantitative estimate of drug-likeness (QED) is 0.887. The number of hydrogen-bond acceptors (Lipinski definition) is 1. The van der Waals surface area contributed by atoms with E-state index in [1.807, 2.05) is 13.0 Å². The topological polar surface area (TPSA) is 29.1 Å². The highest BCUT2D eigenvalue weighted by Crippen LogP contribution is 2.21. The summed E-state index contributed by atoms with van der Waals surface area (Å²) in [5.74, 6) is -0.766. The van der Waals surface area contributed by atoms with E-state index in [4.69, 9.17) is 0 Å². The second kappa shape index (κ2) is 5.31. The van der Waals surface area contributed by atoms with Crippen molar-refractivity contribution in [3.05, 3.63) is 63.9 Å². The number of para-hydroxylation sites is 1. The Morgan fingerprint density at radius 1 is 1.17 bits per heavy atom. The monoisotopic (exact) mass is 307 g/mol. The van der Waals surface area contributed by atoms with Gasteiger partial charge in [-0.05, 0) is 36.8 Å². The van der Waals surface area contributed by atoms with Crippen LogP contribution in [0.2, 0.25) is 0 Å². The summed E-state index contributed by atoms with van der Waals surface area (Å²) >= 11 is 3.36. The first kappa shape index (κ1) is 12.8. The molecule has 0 aromatic heterocycles. The SMILES string of the molecule is Cc1c(Br)cccc1C(=O)Nc1ccccc1F. The van der Waals surface area contributed by atoms with Gasteiger partial charge in [-0.1, -0.05) is 34.1 Å². The van der Waals surface area contributed by atoms with E-state index in [-0.39, 0.29) is 11.6 Å². The zero-order valence-electron chi connectivity index (χ0n) is 9.71. The van der Waals surface area contributed by atoms with Gasteiger partial charge in [0.05, 0.1) is 5.69 Å². The van der Waals surface area contributed by atoms with Crippen molar-refractivity contribution in [1.82, 2.24) is 0 Å². The molecular weight excluding hydrogens is 297 g/mol. The van der Waals surface area contributed by atoms with Crippen LogP contribution in [0, 0.1) is 12.7 Å². The van der Waals surface area contributed by atoms with Crippen molar-refractivity contribution in [2.24, 2.45) is 0 Å². The van der Waals surface area contributed by atoms with E-state index in [1.54, 1.807) is 24.3 Å². The van der Waals surface area contributed by atoms with Gasteiger partial charge in [0.1, 0.15) is 5.82 Å². The molecule has 2 aromatic carbocycles. The van der Waals surface area contributed by atoms with Crippen molar-refractivity contribution >= 4 is 27.5 Å². The third kappa shape index (κ3) is 2.59. The molecule has 0 radical (unpaired) electrons. The molecule has 0 fully saturated rings. The maximum Gasteiger partial charge on any atom is 0.256 e. The molecule has 0 saturated carbocycles. The molecule has 0 heterocycles. The number of carbonyl (C=O) groups is 1. The second-order valence-corrected chi connectivity index (χ2v) is 4.70. The molecule has 2 nitrogen and oxygen atoms in total. The fraction of sp³-hybridized carbons (Fsp3) is 0.0714. The predicted octanol–water partition coefficient (Wildman–Crippen LogP) is 4.15. The number of benzene rings is 2. The van der Waals surface area contributed by atoms with Crippen molar-refractivity contribution in [3.63, 3.8) is 0 Å². The normalized spacial score (nSPS) is 10.2. The van der Waals surface area contributed by atoms with Crippen LogP contribution >= 0.6 is 15.9 Å². The van der Waals surface area contributed by atoms with Gasteiger partial charge in [-0.15, -0.1) is 0 Å². The van der Waals surface area contributed by atoms with Gasteiger partial charge in [0.2, 0.25) is 0 Å². The zero-order valence-corrected chi connectivity index (χ0v) is 11.3. The summed E-state index contributed by atoms with van der Waals surface area (Å²) < 4.78 is 14.3. The van der Waals surface area contributed by atoms with E-state index in [0.29, 0.717) is 5.56 Å². The van der Waals surface area contributed by atoms with Crippen molar-refractivity contribution in [1.29, 1.82) is 0 Å². The molecule has 92 valence electrons. The highest BCUT2D eigenvalue weighted by molar-refractivity contribution is 9.10. The van der Waals surface area contributed by atoms with Gasteiger partial charge < -0.3 is 5.32 Å². The first-order valence-corrected chi connectivity index (χ1v) is 6.20. The average Bonchev–Trinajstić information content (AvgIpc) is 2.35. The predicted molar refractivity (Wildman–Crippen MR) is 73.2 cm³/mol. The minimum atomic E-state index is -0.446. The van der Waals surface area contributed by atoms with Gasteiger partial charge in [-0.25, -0.2) is 4.39 Å². The second-order valence-electron chi connectivity index (χ2n) is 3.85. The molecule has 0 aliphatic rings. The highest BCUT2D eigenvalue weighted by atomic mass is 79.9. The summed E-state index contributed by atoms with van der Waals surface area (Å²) in [4.78, 5) is 12.0. The molecule has 0 aliphatic heterocycles. The number of carbonyl (C=O) groups excluding carboxylic acids is 1. The Labute approximate surface area is 113 Å². The molecule has 18 heavy (non-hydrogen) atoms. The van der Waals surface area contributed by atoms with Crippen molar-refractivity contribution < 1.29 is 9.18 Å². The Kier molecular flexibility index (Phi) is 3.77. The molecule has 1 N–H and O–H groups in total. The molecule has 0 saturated heterocycles. The molecule has 4 heteroatoms. The Hall–Kier alpha value is -1.68. The minimum absolute atomic E-state index is 0.182. The van der Waals surface area contributed by atoms with E-state index in [9.17, 15) is 9.18 Å². The van der Waals surface area contributed by atoms with Gasteiger partial charge >= 0.3 is 0 Å². The molecular formula is C14H11BrFNO. The van der Waals surface area contributed by atoms with Crippen LogP contribution < -0.4 is 5.32 Å². The van der Waals surface area contributed by atoms with Crippen LogP contribution in [0.25, 0.3) is 0 Å². The Morgan fingerprint density at radius 2 is 1.89 bits per heavy atom. The summed E-state index contributed by atoms with van der Waals surface area (Å²) in [7, 11) is 0. The number of halogens is 2. The molecule has 2 rings (SSSR count). The molecule has 0 atom stereocenters. The largest absolute Gasteiger partial charge is 0.319 e. The van der Waals surface area contributed by atoms with E-state index in [0.717, 1.165) is 10.0 Å². The number of amides is 1. The smallest absolute Gasteiger partial charge is 0.256 e. The first-order valence-electron chi connectivity index (χ1n) is 5.40. The van der Waals surface area contributed by atoms with Gasteiger partial charge in [-0.3, -0.25) is 4.79 Å². The zero-order chi connectivity index (χ0) is 13.1. The lowest BCUT2D eigenvalue weighted by atomic mass is 10.1. The number of rotatable bonds is 2. The van der Waals surface area contributed by atoms with Gasteiger partial charge in [0.15, 0.2) is 0 Å². The van der Waals surface area contributed by atoms with Crippen LogP contribution in [0.4, 0.5) is 10.1 Å². The molecule has 0 spiro atoms. The van der Waals surface area contributed by atoms with Crippen molar-refractivity contribution in [3.8, 4) is 0 Å². The standard InChI is InChI=1S/C14H11BrFNO/c1-9-10(5-4-6-11(9)15)14(18)17-13-8-3-2-7-12(13)16/h2-8H,1H3,(H,17,18). The maximum atomic E-state index is 13.4. The summed E-state index contributed by atoms with van der Waals surface area (Å²) in [5, 5.41) is 2.56. The Morgan fingerprint density at radius 3 is 2.61 bits per heavy atom. The summed E-state index contributed by atoms with van der Waals surface area (Å²) in [6.45, 7) is 1.83. The number of nitrogens with one attached hydrogen (secondary N) is 1. The van der Waals surface area contributed by atoms with E-state index in [1.165, 1.54) is 12.1 Å². The number of anilines is 1. The van der Waals surface area contributed by atoms with Crippen LogP contribution in [0.15, 0.2) is 46.9 Å². The van der Waals surface area contributed by atoms with Crippen molar-refractivity contribution in [2.75, 3.05) is 5.32 Å². The molecule has 0 bridgehead atoms. The lowest BCUT2D eigenvalue weighted by Crippen LogP contribution is -2.14. The lowest BCUT2D eigenvalue weighted by Gasteiger charge is -2.09. The minimum Gasteiger partial charge on any atom is -0.319 e. The molecule has 2 aromatic rings. The average molecular weight is 308 g/mol. The van der Waals surface area contributed by atoms with Crippen LogP contribution in [-0.2, 0) is 0 Å². The molecule has 0 unspecified atom stereocenters. The fourth-order valence-electron chi connectivity index (χ4n) is 1.61. The number of hydrogen-bond donors (Lipinski definition) is 1. The Balaban J connectivity index is 2.28. The first-order chi connectivity index (χ1) is 8.59. The van der Waals surface area contributed by atoms with Crippen LogP contribution in [0.1, 0.15) is 15.9 Å². The van der Waals surface area contributed by atoms with Crippen LogP contribution in [0.5, 0.6) is 0 Å². The van der Waals surface area contributed by atoms with Crippen LogP contribution in [0.3, 0.4) is 0 Å². The third-order valence-electron chi connectivity index (χ3n) is 2.63. The van der Waals surface area contributed by atoms with Gasteiger partial charge in [0, 0.05) is 10.0 Å². The van der Waals surface area contributed by atoms with E-state index >= 15 is 0 Å². The summed E-state index contributed by atoms with van der Waals surface area (Å²) in [6, 6.07) is 11.4. The summed E-state index contributed by atoms with van der Waals surface area (Å²) in [6.07, 6.45) is 0. The molecule has 1 amide bonds.